The van der Waals surface area contributed by atoms with E-state index in [1.807, 2.05) is 36.4 Å². The van der Waals surface area contributed by atoms with Gasteiger partial charge in [-0.3, -0.25) is 4.79 Å². The van der Waals surface area contributed by atoms with Crippen molar-refractivity contribution in [3.8, 4) is 17.5 Å². The Kier molecular flexibility index (Phi) is 4.62. The van der Waals surface area contributed by atoms with Crippen LogP contribution in [0.4, 0.5) is 5.88 Å². The second kappa shape index (κ2) is 7.39. The molecule has 1 N–H and O–H groups in total. The van der Waals surface area contributed by atoms with Crippen LogP contribution in [0.3, 0.4) is 0 Å². The summed E-state index contributed by atoms with van der Waals surface area (Å²) in [5, 5.41) is 14.0. The highest BCUT2D eigenvalue weighted by Gasteiger charge is 2.14. The Hall–Kier alpha value is -3.89. The first-order valence-electron chi connectivity index (χ1n) is 8.12. The molecular weight excluding hydrogens is 380 g/mol. The maximum absolute atomic E-state index is 12.5. The van der Waals surface area contributed by atoms with Crippen LogP contribution in [0.1, 0.15) is 11.3 Å². The fourth-order valence-electron chi connectivity index (χ4n) is 2.54. The zero-order chi connectivity index (χ0) is 19.5. The average Bonchev–Trinajstić information content (AvgIpc) is 3.14. The van der Waals surface area contributed by atoms with Crippen LogP contribution in [0.25, 0.3) is 22.4 Å². The third-order valence-electron chi connectivity index (χ3n) is 3.88. The number of nitrogens with one attached hydrogen (secondary N) is 1. The van der Waals surface area contributed by atoms with Crippen LogP contribution in [0.15, 0.2) is 73.5 Å². The molecule has 0 aliphatic carbocycles. The molecule has 0 aliphatic rings. The van der Waals surface area contributed by atoms with Crippen molar-refractivity contribution in [2.24, 2.45) is 5.10 Å². The number of benzene rings is 2. The first-order valence-corrected chi connectivity index (χ1v) is 8.50. The van der Waals surface area contributed by atoms with Gasteiger partial charge in [-0.1, -0.05) is 29.8 Å². The van der Waals surface area contributed by atoms with Crippen LogP contribution in [-0.4, -0.2) is 11.2 Å². The van der Waals surface area contributed by atoms with Crippen LogP contribution < -0.4 is 10.9 Å². The largest absolute Gasteiger partial charge is 0.463 e. The van der Waals surface area contributed by atoms with Gasteiger partial charge in [0.1, 0.15) is 17.9 Å². The van der Waals surface area contributed by atoms with E-state index in [1.54, 1.807) is 12.1 Å². The van der Waals surface area contributed by atoms with E-state index in [4.69, 9.17) is 20.4 Å². The number of oxazole rings is 1. The van der Waals surface area contributed by atoms with Crippen LogP contribution >= 0.6 is 11.6 Å². The minimum atomic E-state index is -0.280. The normalized spacial score (nSPS) is 11.0. The van der Waals surface area contributed by atoms with Crippen LogP contribution in [0.5, 0.6) is 0 Å². The predicted molar refractivity (Wildman–Crippen MR) is 105 cm³/mol. The molecule has 136 valence electrons. The van der Waals surface area contributed by atoms with E-state index in [1.165, 1.54) is 18.5 Å². The van der Waals surface area contributed by atoms with Crippen LogP contribution in [0, 0.1) is 11.3 Å². The Morgan fingerprint density at radius 3 is 2.82 bits per heavy atom. The van der Waals surface area contributed by atoms with Crippen LogP contribution in [0.2, 0.25) is 5.02 Å². The first-order chi connectivity index (χ1) is 13.7. The molecule has 0 saturated heterocycles. The molecule has 2 aromatic heterocycles. The van der Waals surface area contributed by atoms with Gasteiger partial charge >= 0.3 is 0 Å². The molecule has 0 amide bonds. The third kappa shape index (κ3) is 3.37. The van der Waals surface area contributed by atoms with Gasteiger partial charge in [0, 0.05) is 10.6 Å². The number of aromatic nitrogens is 1. The number of hydrogen-bond donors (Lipinski definition) is 1. The maximum Gasteiger partial charge on any atom is 0.252 e. The molecule has 2 heterocycles. The summed E-state index contributed by atoms with van der Waals surface area (Å²) < 4.78 is 11.0. The molecule has 28 heavy (non-hydrogen) atoms. The lowest BCUT2D eigenvalue weighted by Crippen LogP contribution is -2.08. The SMILES string of the molecule is N#Cc1nc(-c2ccccc2)oc1N/N=C/c1coc2ccc(Cl)cc2c1=O. The van der Waals surface area contributed by atoms with Gasteiger partial charge in [-0.15, -0.1) is 0 Å². The zero-order valence-electron chi connectivity index (χ0n) is 14.2. The molecule has 0 atom stereocenters. The molecule has 8 heteroatoms. The number of fused-ring (bicyclic) bond motifs is 1. The molecular formula is C20H11ClN4O3. The van der Waals surface area contributed by atoms with Gasteiger partial charge in [0.25, 0.3) is 5.88 Å². The molecule has 4 aromatic rings. The van der Waals surface area contributed by atoms with Gasteiger partial charge < -0.3 is 8.83 Å². The van der Waals surface area contributed by atoms with E-state index in [2.05, 4.69) is 15.5 Å². The molecule has 0 unspecified atom stereocenters. The number of hydrazone groups is 1. The molecule has 0 fully saturated rings. The molecule has 0 spiro atoms. The van der Waals surface area contributed by atoms with Gasteiger partial charge in [0.15, 0.2) is 0 Å². The summed E-state index contributed by atoms with van der Waals surface area (Å²) in [5.74, 6) is 0.362. The minimum absolute atomic E-state index is 0.0494. The minimum Gasteiger partial charge on any atom is -0.463 e. The van der Waals surface area contributed by atoms with Crippen molar-refractivity contribution in [3.05, 3.63) is 81.3 Å². The van der Waals surface area contributed by atoms with E-state index in [-0.39, 0.29) is 28.5 Å². The van der Waals surface area contributed by atoms with Crippen molar-refractivity contribution < 1.29 is 8.83 Å². The molecule has 0 radical (unpaired) electrons. The molecule has 7 nitrogen and oxygen atoms in total. The lowest BCUT2D eigenvalue weighted by atomic mass is 10.2. The summed E-state index contributed by atoms with van der Waals surface area (Å²) in [6.07, 6.45) is 2.57. The second-order valence-corrected chi connectivity index (χ2v) is 6.14. The highest BCUT2D eigenvalue weighted by Crippen LogP contribution is 2.25. The van der Waals surface area contributed by atoms with Crippen molar-refractivity contribution in [3.63, 3.8) is 0 Å². The summed E-state index contributed by atoms with van der Waals surface area (Å²) in [6, 6.07) is 15.9. The van der Waals surface area contributed by atoms with E-state index >= 15 is 0 Å². The smallest absolute Gasteiger partial charge is 0.252 e. The first kappa shape index (κ1) is 17.5. The topological polar surface area (TPSA) is 104 Å². The fraction of sp³-hybridized carbons (Fsp3) is 0. The van der Waals surface area contributed by atoms with Crippen molar-refractivity contribution in [1.82, 2.24) is 4.98 Å². The molecule has 4 rings (SSSR count). The van der Waals surface area contributed by atoms with Gasteiger partial charge in [0.05, 0.1) is 17.2 Å². The summed E-state index contributed by atoms with van der Waals surface area (Å²) in [7, 11) is 0. The Morgan fingerprint density at radius 1 is 1.21 bits per heavy atom. The average molecular weight is 391 g/mol. The number of rotatable bonds is 4. The Balaban J connectivity index is 1.61. The zero-order valence-corrected chi connectivity index (χ0v) is 15.0. The summed E-state index contributed by atoms with van der Waals surface area (Å²) in [6.45, 7) is 0. The highest BCUT2D eigenvalue weighted by molar-refractivity contribution is 6.31. The number of nitrogens with zero attached hydrogens (tertiary/aromatic N) is 3. The molecule has 0 aliphatic heterocycles. The van der Waals surface area contributed by atoms with E-state index in [9.17, 15) is 10.1 Å². The van der Waals surface area contributed by atoms with Gasteiger partial charge in [-0.05, 0) is 30.3 Å². The van der Waals surface area contributed by atoms with Crippen molar-refractivity contribution >= 4 is 34.7 Å². The van der Waals surface area contributed by atoms with Crippen LogP contribution in [-0.2, 0) is 0 Å². The Bertz CT molecular complexity index is 1290. The summed E-state index contributed by atoms with van der Waals surface area (Å²) >= 11 is 5.94. The van der Waals surface area contributed by atoms with Gasteiger partial charge in [-0.2, -0.15) is 15.3 Å². The van der Waals surface area contributed by atoms with E-state index < -0.39 is 0 Å². The standard InChI is InChI=1S/C20H11ClN4O3/c21-14-6-7-17-15(8-14)18(26)13(11-27-17)10-23-25-20-16(9-22)24-19(28-20)12-4-2-1-3-5-12/h1-8,10-11,25H/b23-10+. The highest BCUT2D eigenvalue weighted by atomic mass is 35.5. The maximum atomic E-state index is 12.5. The summed E-state index contributed by atoms with van der Waals surface area (Å²) in [4.78, 5) is 16.6. The van der Waals surface area contributed by atoms with Crippen molar-refractivity contribution in [2.75, 3.05) is 5.43 Å². The quantitative estimate of drug-likeness (QED) is 0.408. The molecule has 0 bridgehead atoms. The van der Waals surface area contributed by atoms with E-state index in [0.717, 1.165) is 5.56 Å². The third-order valence-corrected chi connectivity index (χ3v) is 4.12. The summed E-state index contributed by atoms with van der Waals surface area (Å²) in [5.41, 5.74) is 3.73. The molecule has 0 saturated carbocycles. The Morgan fingerprint density at radius 2 is 2.04 bits per heavy atom. The monoisotopic (exact) mass is 390 g/mol. The predicted octanol–water partition coefficient (Wildman–Crippen LogP) is 4.42. The van der Waals surface area contributed by atoms with Gasteiger partial charge in [-0.25, -0.2) is 5.43 Å². The number of hydrogen-bond acceptors (Lipinski definition) is 7. The van der Waals surface area contributed by atoms with Gasteiger partial charge in [0.2, 0.25) is 17.0 Å². The number of halogens is 1. The van der Waals surface area contributed by atoms with E-state index in [0.29, 0.717) is 16.0 Å². The second-order valence-electron chi connectivity index (χ2n) is 5.71. The lowest BCUT2D eigenvalue weighted by molar-refractivity contribution is 0.587. The Labute approximate surface area is 163 Å². The van der Waals surface area contributed by atoms with Crippen molar-refractivity contribution in [1.29, 1.82) is 5.26 Å². The fourth-order valence-corrected chi connectivity index (χ4v) is 2.72. The lowest BCUT2D eigenvalue weighted by Gasteiger charge is -1.99. The number of anilines is 1. The number of nitriles is 1. The molecule has 2 aromatic carbocycles. The van der Waals surface area contributed by atoms with Crippen molar-refractivity contribution in [2.45, 2.75) is 0 Å².